The summed E-state index contributed by atoms with van der Waals surface area (Å²) in [6, 6.07) is 9.98. The number of nitrogens with one attached hydrogen (secondary N) is 1. The van der Waals surface area contributed by atoms with Gasteiger partial charge >= 0.3 is 0 Å². The van der Waals surface area contributed by atoms with Crippen molar-refractivity contribution in [2.75, 3.05) is 13.7 Å². The molecular formula is C18H25NO3S. The molecule has 1 aromatic heterocycles. The maximum Gasteiger partial charge on any atom is 0.161 e. The van der Waals surface area contributed by atoms with Crippen LogP contribution in [-0.2, 0) is 13.2 Å². The van der Waals surface area contributed by atoms with E-state index < -0.39 is 0 Å². The summed E-state index contributed by atoms with van der Waals surface area (Å²) in [6.07, 6.45) is -0.328. The number of methoxy groups -OCH3 is 1. The maximum atomic E-state index is 9.80. The summed E-state index contributed by atoms with van der Waals surface area (Å²) >= 11 is 1.68. The highest BCUT2D eigenvalue weighted by molar-refractivity contribution is 7.09. The highest BCUT2D eigenvalue weighted by atomic mass is 32.1. The Balaban J connectivity index is 1.90. The average molecular weight is 335 g/mol. The molecule has 1 aromatic carbocycles. The van der Waals surface area contributed by atoms with Gasteiger partial charge in [-0.15, -0.1) is 11.3 Å². The van der Waals surface area contributed by atoms with Gasteiger partial charge in [0, 0.05) is 18.0 Å². The maximum absolute atomic E-state index is 9.80. The van der Waals surface area contributed by atoms with Gasteiger partial charge in [-0.05, 0) is 35.1 Å². The van der Waals surface area contributed by atoms with Gasteiger partial charge in [0.25, 0.3) is 0 Å². The van der Waals surface area contributed by atoms with E-state index >= 15 is 0 Å². The molecule has 0 fully saturated rings. The molecule has 0 spiro atoms. The monoisotopic (exact) mass is 335 g/mol. The lowest BCUT2D eigenvalue weighted by Crippen LogP contribution is -2.30. The molecule has 4 nitrogen and oxygen atoms in total. The molecule has 0 bridgehead atoms. The van der Waals surface area contributed by atoms with Gasteiger partial charge in [0.2, 0.25) is 0 Å². The number of benzene rings is 1. The van der Waals surface area contributed by atoms with E-state index in [-0.39, 0.29) is 12.0 Å². The van der Waals surface area contributed by atoms with E-state index in [1.807, 2.05) is 43.5 Å². The summed E-state index contributed by atoms with van der Waals surface area (Å²) in [6.45, 7) is 5.83. The zero-order chi connectivity index (χ0) is 16.7. The van der Waals surface area contributed by atoms with E-state index in [0.29, 0.717) is 19.7 Å². The van der Waals surface area contributed by atoms with Crippen LogP contribution in [0.1, 0.15) is 24.3 Å². The summed E-state index contributed by atoms with van der Waals surface area (Å²) in [5, 5.41) is 15.1. The smallest absolute Gasteiger partial charge is 0.161 e. The third-order valence-electron chi connectivity index (χ3n) is 3.63. The first kappa shape index (κ1) is 17.8. The molecule has 2 aromatic rings. The highest BCUT2D eigenvalue weighted by Crippen LogP contribution is 2.29. The molecule has 0 aliphatic carbocycles. The summed E-state index contributed by atoms with van der Waals surface area (Å²) in [5.74, 6) is 1.72. The summed E-state index contributed by atoms with van der Waals surface area (Å²) in [5.41, 5.74) is 1.10. The van der Waals surface area contributed by atoms with Crippen LogP contribution in [0.15, 0.2) is 35.7 Å². The molecule has 1 atom stereocenters. The topological polar surface area (TPSA) is 50.7 Å². The fourth-order valence-corrected chi connectivity index (χ4v) is 2.70. The molecule has 0 saturated heterocycles. The van der Waals surface area contributed by atoms with Gasteiger partial charge in [0.05, 0.1) is 13.2 Å². The first-order valence-corrected chi connectivity index (χ1v) is 8.69. The Bertz CT molecular complexity index is 584. The van der Waals surface area contributed by atoms with E-state index in [4.69, 9.17) is 9.47 Å². The van der Waals surface area contributed by atoms with Gasteiger partial charge in [0.1, 0.15) is 6.61 Å². The molecule has 0 saturated carbocycles. The zero-order valence-electron chi connectivity index (χ0n) is 13.9. The first-order valence-electron chi connectivity index (χ1n) is 7.81. The molecule has 2 N–H and O–H groups in total. The largest absolute Gasteiger partial charge is 0.493 e. The fourth-order valence-electron chi connectivity index (χ4n) is 2.08. The van der Waals surface area contributed by atoms with Crippen LogP contribution in [-0.4, -0.2) is 24.9 Å². The van der Waals surface area contributed by atoms with E-state index in [2.05, 4.69) is 11.4 Å². The van der Waals surface area contributed by atoms with Crippen LogP contribution in [0.5, 0.6) is 11.5 Å². The second kappa shape index (κ2) is 8.91. The van der Waals surface area contributed by atoms with Crippen LogP contribution in [0, 0.1) is 5.92 Å². The molecule has 1 heterocycles. The third-order valence-corrected chi connectivity index (χ3v) is 4.48. The Morgan fingerprint density at radius 1 is 1.22 bits per heavy atom. The quantitative estimate of drug-likeness (QED) is 0.737. The van der Waals surface area contributed by atoms with Crippen molar-refractivity contribution in [3.05, 3.63) is 46.2 Å². The van der Waals surface area contributed by atoms with Gasteiger partial charge in [-0.3, -0.25) is 0 Å². The van der Waals surface area contributed by atoms with Gasteiger partial charge < -0.3 is 19.9 Å². The second-order valence-electron chi connectivity index (χ2n) is 5.80. The molecular weight excluding hydrogens is 310 g/mol. The van der Waals surface area contributed by atoms with Gasteiger partial charge in [0.15, 0.2) is 11.5 Å². The minimum Gasteiger partial charge on any atom is -0.493 e. The molecule has 0 radical (unpaired) electrons. The summed E-state index contributed by atoms with van der Waals surface area (Å²) in [7, 11) is 1.65. The lowest BCUT2D eigenvalue weighted by Gasteiger charge is -2.16. The van der Waals surface area contributed by atoms with Crippen molar-refractivity contribution in [3.63, 3.8) is 0 Å². The molecule has 126 valence electrons. The number of aliphatic hydroxyl groups is 1. The van der Waals surface area contributed by atoms with Crippen molar-refractivity contribution in [1.82, 2.24) is 5.32 Å². The Hall–Kier alpha value is -1.56. The Labute approximate surface area is 142 Å². The predicted molar refractivity (Wildman–Crippen MR) is 94.2 cm³/mol. The number of rotatable bonds is 9. The van der Waals surface area contributed by atoms with Crippen molar-refractivity contribution in [2.24, 2.45) is 5.92 Å². The summed E-state index contributed by atoms with van der Waals surface area (Å²) in [4.78, 5) is 1.18. The first-order chi connectivity index (χ1) is 11.1. The van der Waals surface area contributed by atoms with Crippen molar-refractivity contribution < 1.29 is 14.6 Å². The SMILES string of the molecule is COc1cc(CNCC(O)C(C)C)ccc1OCc1cccs1. The van der Waals surface area contributed by atoms with E-state index in [9.17, 15) is 5.11 Å². The Kier molecular flexibility index (Phi) is 6.89. The van der Waals surface area contributed by atoms with E-state index in [1.54, 1.807) is 18.4 Å². The molecule has 2 rings (SSSR count). The number of thiophene rings is 1. The van der Waals surface area contributed by atoms with Crippen LogP contribution >= 0.6 is 11.3 Å². The average Bonchev–Trinajstić information content (AvgIpc) is 3.06. The van der Waals surface area contributed by atoms with Crippen molar-refractivity contribution >= 4 is 11.3 Å². The summed E-state index contributed by atoms with van der Waals surface area (Å²) < 4.78 is 11.2. The van der Waals surface area contributed by atoms with E-state index in [1.165, 1.54) is 4.88 Å². The van der Waals surface area contributed by atoms with Crippen molar-refractivity contribution in [2.45, 2.75) is 33.1 Å². The van der Waals surface area contributed by atoms with Crippen LogP contribution in [0.4, 0.5) is 0 Å². The van der Waals surface area contributed by atoms with Crippen LogP contribution in [0.3, 0.4) is 0 Å². The van der Waals surface area contributed by atoms with Gasteiger partial charge in [-0.2, -0.15) is 0 Å². The zero-order valence-corrected chi connectivity index (χ0v) is 14.7. The highest BCUT2D eigenvalue weighted by Gasteiger charge is 2.09. The van der Waals surface area contributed by atoms with Crippen LogP contribution < -0.4 is 14.8 Å². The fraction of sp³-hybridized carbons (Fsp3) is 0.444. The molecule has 0 amide bonds. The van der Waals surface area contributed by atoms with Crippen LogP contribution in [0.25, 0.3) is 0 Å². The predicted octanol–water partition coefficient (Wildman–Crippen LogP) is 3.44. The molecule has 5 heteroatoms. The number of aliphatic hydroxyl groups excluding tert-OH is 1. The minimum absolute atomic E-state index is 0.255. The van der Waals surface area contributed by atoms with Crippen molar-refractivity contribution in [1.29, 1.82) is 0 Å². The van der Waals surface area contributed by atoms with Crippen molar-refractivity contribution in [3.8, 4) is 11.5 Å². The van der Waals surface area contributed by atoms with Gasteiger partial charge in [-0.1, -0.05) is 26.0 Å². The standard InChI is InChI=1S/C18H25NO3S/c1-13(2)16(20)11-19-10-14-6-7-17(18(9-14)21-3)22-12-15-5-4-8-23-15/h4-9,13,16,19-20H,10-12H2,1-3H3. The molecule has 23 heavy (non-hydrogen) atoms. The van der Waals surface area contributed by atoms with Crippen LogP contribution in [0.2, 0.25) is 0 Å². The normalized spacial score (nSPS) is 12.4. The lowest BCUT2D eigenvalue weighted by molar-refractivity contribution is 0.123. The van der Waals surface area contributed by atoms with E-state index in [0.717, 1.165) is 17.1 Å². The number of hydrogen-bond acceptors (Lipinski definition) is 5. The number of ether oxygens (including phenoxy) is 2. The lowest BCUT2D eigenvalue weighted by atomic mass is 10.1. The second-order valence-corrected chi connectivity index (χ2v) is 6.83. The Morgan fingerprint density at radius 2 is 2.04 bits per heavy atom. The Morgan fingerprint density at radius 3 is 2.70 bits per heavy atom. The van der Waals surface area contributed by atoms with Gasteiger partial charge in [-0.25, -0.2) is 0 Å². The molecule has 0 aliphatic rings. The molecule has 1 unspecified atom stereocenters. The third kappa shape index (κ3) is 5.53. The molecule has 0 aliphatic heterocycles. The minimum atomic E-state index is -0.328. The number of hydrogen-bond donors (Lipinski definition) is 2.